The fraction of sp³-hybridized carbons (Fsp3) is 0.429. The molecule has 0 aliphatic heterocycles. The minimum atomic E-state index is -1.36. The topological polar surface area (TPSA) is 83.8 Å². The molecule has 0 aromatic heterocycles. The third kappa shape index (κ3) is 18.1. The molecule has 0 aliphatic carbocycles. The molecular weight excluding hydrogens is 200 g/mol. The number of esters is 1. The number of aliphatic hydroxyl groups is 1. The van der Waals surface area contributed by atoms with Crippen LogP contribution in [0.5, 0.6) is 0 Å². The van der Waals surface area contributed by atoms with Gasteiger partial charge >= 0.3 is 11.4 Å². The van der Waals surface area contributed by atoms with Crippen LogP contribution < -0.4 is 0 Å². The lowest BCUT2D eigenvalue weighted by Crippen LogP contribution is -2.13. The molecule has 76 valence electrons. The van der Waals surface area contributed by atoms with Crippen LogP contribution in [0.15, 0.2) is 12.2 Å². The van der Waals surface area contributed by atoms with Gasteiger partial charge < -0.3 is 14.9 Å². The maximum absolute atomic E-state index is 10.5. The van der Waals surface area contributed by atoms with E-state index >= 15 is 0 Å². The molecule has 5 nitrogen and oxygen atoms in total. The Labute approximate surface area is 80.6 Å². The summed E-state index contributed by atoms with van der Waals surface area (Å²) >= 11 is 4.19. The molecule has 0 heterocycles. The van der Waals surface area contributed by atoms with Crippen molar-refractivity contribution >= 4 is 23.0 Å². The predicted molar refractivity (Wildman–Crippen MR) is 46.5 cm³/mol. The summed E-state index contributed by atoms with van der Waals surface area (Å²) in [6.45, 7) is 6.20. The van der Waals surface area contributed by atoms with Gasteiger partial charge in [0.25, 0.3) is 0 Å². The first kappa shape index (κ1) is 14.5. The first-order valence-corrected chi connectivity index (χ1v) is 3.58. The van der Waals surface area contributed by atoms with Crippen LogP contribution in [0.4, 0.5) is 4.79 Å². The number of carbonyl (C=O) groups excluding carboxylic acids is 1. The fourth-order valence-electron chi connectivity index (χ4n) is 0.255. The Morgan fingerprint density at radius 3 is 1.92 bits per heavy atom. The highest BCUT2D eigenvalue weighted by Crippen LogP contribution is 1.94. The largest absolute Gasteiger partial charge is 0.469 e. The van der Waals surface area contributed by atoms with Crippen molar-refractivity contribution in [2.75, 3.05) is 0 Å². The molecule has 0 saturated carbocycles. The van der Waals surface area contributed by atoms with E-state index in [4.69, 9.17) is 15.0 Å². The molecule has 0 saturated heterocycles. The van der Waals surface area contributed by atoms with Crippen molar-refractivity contribution in [3.8, 4) is 0 Å². The molecule has 0 rings (SSSR count). The van der Waals surface area contributed by atoms with Crippen molar-refractivity contribution in [3.63, 3.8) is 0 Å². The SMILES string of the molecule is C=C(C)C(=O)OC(C)O.O=C(O)Cl. The number of aliphatic hydroxyl groups excluding tert-OH is 1. The molecule has 0 aromatic carbocycles. The van der Waals surface area contributed by atoms with Crippen molar-refractivity contribution in [1.82, 2.24) is 0 Å². The molecule has 0 fully saturated rings. The summed E-state index contributed by atoms with van der Waals surface area (Å²) in [6.07, 6.45) is -1.05. The van der Waals surface area contributed by atoms with Gasteiger partial charge in [0, 0.05) is 17.2 Å². The van der Waals surface area contributed by atoms with Crippen LogP contribution in [0.3, 0.4) is 0 Å². The van der Waals surface area contributed by atoms with E-state index in [9.17, 15) is 4.79 Å². The molecular formula is C7H11ClO5. The highest BCUT2D eigenvalue weighted by atomic mass is 35.5. The standard InChI is InChI=1S/C6H10O3.CHClO2/c1-4(2)6(8)9-5(3)7;2-1(3)4/h5,7H,1H2,2-3H3;(H,3,4). The first-order valence-electron chi connectivity index (χ1n) is 3.20. The number of carboxylic acid groups (broad SMARTS) is 1. The molecule has 1 unspecified atom stereocenters. The zero-order valence-corrected chi connectivity index (χ0v) is 8.04. The summed E-state index contributed by atoms with van der Waals surface area (Å²) in [5.41, 5.74) is -1.07. The monoisotopic (exact) mass is 210 g/mol. The molecule has 13 heavy (non-hydrogen) atoms. The number of hydrogen-bond acceptors (Lipinski definition) is 4. The van der Waals surface area contributed by atoms with Crippen LogP contribution >= 0.6 is 11.6 Å². The van der Waals surface area contributed by atoms with Crippen LogP contribution in [0.25, 0.3) is 0 Å². The van der Waals surface area contributed by atoms with Gasteiger partial charge in [0.05, 0.1) is 0 Å². The fourth-order valence-corrected chi connectivity index (χ4v) is 0.255. The van der Waals surface area contributed by atoms with Crippen LogP contribution in [-0.2, 0) is 9.53 Å². The second-order valence-electron chi connectivity index (χ2n) is 2.04. The number of rotatable bonds is 2. The molecule has 2 N–H and O–H groups in total. The van der Waals surface area contributed by atoms with E-state index in [1.807, 2.05) is 0 Å². The average molecular weight is 211 g/mol. The lowest BCUT2D eigenvalue weighted by molar-refractivity contribution is -0.159. The van der Waals surface area contributed by atoms with Gasteiger partial charge in [0.1, 0.15) is 0 Å². The summed E-state index contributed by atoms with van der Waals surface area (Å²) < 4.78 is 4.33. The summed E-state index contributed by atoms with van der Waals surface area (Å²) in [5.74, 6) is -0.565. The second kappa shape index (κ2) is 7.57. The van der Waals surface area contributed by atoms with Crippen molar-refractivity contribution in [1.29, 1.82) is 0 Å². The quantitative estimate of drug-likeness (QED) is 0.311. The maximum atomic E-state index is 10.5. The minimum absolute atomic E-state index is 0.288. The number of carbonyl (C=O) groups is 2. The highest BCUT2D eigenvalue weighted by Gasteiger charge is 2.04. The van der Waals surface area contributed by atoms with Gasteiger partial charge in [0.2, 0.25) is 0 Å². The van der Waals surface area contributed by atoms with Gasteiger partial charge in [-0.05, 0) is 13.8 Å². The summed E-state index contributed by atoms with van der Waals surface area (Å²) in [6, 6.07) is 0. The zero-order valence-electron chi connectivity index (χ0n) is 7.28. The normalized spacial score (nSPS) is 10.5. The van der Waals surface area contributed by atoms with Crippen molar-refractivity contribution in [2.45, 2.75) is 20.1 Å². The maximum Gasteiger partial charge on any atom is 0.401 e. The summed E-state index contributed by atoms with van der Waals surface area (Å²) in [7, 11) is 0. The molecule has 0 bridgehead atoms. The Kier molecular flexibility index (Phi) is 8.42. The highest BCUT2D eigenvalue weighted by molar-refractivity contribution is 6.60. The Balaban J connectivity index is 0. The molecule has 6 heteroatoms. The number of halogens is 1. The van der Waals surface area contributed by atoms with Gasteiger partial charge in [-0.15, -0.1) is 0 Å². The van der Waals surface area contributed by atoms with Crippen LogP contribution in [-0.4, -0.2) is 27.9 Å². The van der Waals surface area contributed by atoms with Gasteiger partial charge in [-0.2, -0.15) is 0 Å². The van der Waals surface area contributed by atoms with E-state index in [0.29, 0.717) is 0 Å². The lowest BCUT2D eigenvalue weighted by Gasteiger charge is -2.04. The molecule has 0 aliphatic rings. The van der Waals surface area contributed by atoms with Gasteiger partial charge in [0.15, 0.2) is 6.29 Å². The molecule has 0 amide bonds. The Hall–Kier alpha value is -1.07. The van der Waals surface area contributed by atoms with Gasteiger partial charge in [-0.25, -0.2) is 9.59 Å². The van der Waals surface area contributed by atoms with Crippen LogP contribution in [0.2, 0.25) is 0 Å². The van der Waals surface area contributed by atoms with E-state index in [1.165, 1.54) is 13.8 Å². The Morgan fingerprint density at radius 1 is 1.54 bits per heavy atom. The van der Waals surface area contributed by atoms with E-state index < -0.39 is 17.7 Å². The van der Waals surface area contributed by atoms with E-state index in [0.717, 1.165) is 0 Å². The van der Waals surface area contributed by atoms with Gasteiger partial charge in [-0.1, -0.05) is 6.58 Å². The van der Waals surface area contributed by atoms with Crippen LogP contribution in [0.1, 0.15) is 13.8 Å². The minimum Gasteiger partial charge on any atom is -0.469 e. The number of ether oxygens (including phenoxy) is 1. The average Bonchev–Trinajstić information content (AvgIpc) is 1.83. The van der Waals surface area contributed by atoms with E-state index in [2.05, 4.69) is 22.9 Å². The molecule has 1 atom stereocenters. The smallest absolute Gasteiger partial charge is 0.401 e. The first-order chi connectivity index (χ1) is 5.77. The molecule has 0 spiro atoms. The van der Waals surface area contributed by atoms with E-state index in [-0.39, 0.29) is 5.57 Å². The van der Waals surface area contributed by atoms with Crippen LogP contribution in [0, 0.1) is 0 Å². The zero-order chi connectivity index (χ0) is 11.0. The second-order valence-corrected chi connectivity index (χ2v) is 2.36. The Bertz CT molecular complexity index is 195. The third-order valence-corrected chi connectivity index (χ3v) is 0.626. The van der Waals surface area contributed by atoms with Crippen molar-refractivity contribution < 1.29 is 24.5 Å². The Morgan fingerprint density at radius 2 is 1.85 bits per heavy atom. The van der Waals surface area contributed by atoms with Crippen molar-refractivity contribution in [3.05, 3.63) is 12.2 Å². The summed E-state index contributed by atoms with van der Waals surface area (Å²) in [5, 5.41) is 15.7. The van der Waals surface area contributed by atoms with E-state index in [1.54, 1.807) is 0 Å². The summed E-state index contributed by atoms with van der Waals surface area (Å²) in [4.78, 5) is 19.2. The number of hydrogen-bond donors (Lipinski definition) is 2. The predicted octanol–water partition coefficient (Wildman–Crippen LogP) is 1.35. The lowest BCUT2D eigenvalue weighted by atomic mass is 10.4. The van der Waals surface area contributed by atoms with Crippen molar-refractivity contribution in [2.24, 2.45) is 0 Å². The third-order valence-electron chi connectivity index (χ3n) is 0.626. The van der Waals surface area contributed by atoms with Gasteiger partial charge in [-0.3, -0.25) is 0 Å². The molecule has 0 aromatic rings. The molecule has 0 radical (unpaired) electrons.